The highest BCUT2D eigenvalue weighted by Crippen LogP contribution is 2.23. The first-order valence-electron chi connectivity index (χ1n) is 7.43. The Morgan fingerprint density at radius 2 is 1.75 bits per heavy atom. The van der Waals surface area contributed by atoms with E-state index >= 15 is 0 Å². The second-order valence-electron chi connectivity index (χ2n) is 5.33. The van der Waals surface area contributed by atoms with Crippen LogP contribution in [0, 0.1) is 0 Å². The third-order valence-corrected chi connectivity index (χ3v) is 3.56. The summed E-state index contributed by atoms with van der Waals surface area (Å²) in [4.78, 5) is 12.0. The number of hydrogen-bond acceptors (Lipinski definition) is 3. The molecule has 0 atom stereocenters. The number of allylic oxidation sites excluding steroid dienone is 1. The van der Waals surface area contributed by atoms with Crippen molar-refractivity contribution in [1.82, 2.24) is 15.0 Å². The second-order valence-corrected chi connectivity index (χ2v) is 5.33. The predicted octanol–water partition coefficient (Wildman–Crippen LogP) is 5.04. The van der Waals surface area contributed by atoms with E-state index in [0.29, 0.717) is 5.69 Å². The fourth-order valence-corrected chi connectivity index (χ4v) is 2.37. The number of rotatable bonds is 4. The van der Waals surface area contributed by atoms with E-state index in [9.17, 15) is 8.78 Å². The summed E-state index contributed by atoms with van der Waals surface area (Å²) in [5.41, 5.74) is 4.02. The molecule has 3 nitrogen and oxygen atoms in total. The highest BCUT2D eigenvalue weighted by Gasteiger charge is 2.09. The largest absolute Gasteiger partial charge is 0.280 e. The molecule has 5 heteroatoms. The standard InChI is InChI=1S/C19H15F2N3/c1-13(17-6-3-7-18(24-17)19(20)21)8-14-4-2-5-15(9-14)16-10-22-12-23-11-16/h2-12,19H,1H3/b13-8+. The Kier molecular flexibility index (Phi) is 4.70. The van der Waals surface area contributed by atoms with E-state index < -0.39 is 6.43 Å². The van der Waals surface area contributed by atoms with Crippen LogP contribution in [0.15, 0.2) is 61.2 Å². The zero-order valence-electron chi connectivity index (χ0n) is 13.0. The SMILES string of the molecule is C/C(=C\c1cccc(-c2cncnc2)c1)c1cccc(C(F)F)n1. The Balaban J connectivity index is 1.92. The summed E-state index contributed by atoms with van der Waals surface area (Å²) in [5.74, 6) is 0. The van der Waals surface area contributed by atoms with Crippen molar-refractivity contribution in [3.8, 4) is 11.1 Å². The molecule has 0 aliphatic carbocycles. The van der Waals surface area contributed by atoms with Crippen LogP contribution in [-0.4, -0.2) is 15.0 Å². The normalized spacial score (nSPS) is 11.8. The van der Waals surface area contributed by atoms with Gasteiger partial charge in [-0.2, -0.15) is 0 Å². The van der Waals surface area contributed by atoms with Gasteiger partial charge in [-0.1, -0.05) is 24.3 Å². The molecule has 0 radical (unpaired) electrons. The minimum Gasteiger partial charge on any atom is -0.247 e. The van der Waals surface area contributed by atoms with Crippen molar-refractivity contribution in [2.24, 2.45) is 0 Å². The van der Waals surface area contributed by atoms with Crippen LogP contribution < -0.4 is 0 Å². The maximum atomic E-state index is 12.8. The summed E-state index contributed by atoms with van der Waals surface area (Å²) in [6.07, 6.45) is 4.33. The number of pyridine rings is 1. The molecule has 0 saturated carbocycles. The topological polar surface area (TPSA) is 38.7 Å². The summed E-state index contributed by atoms with van der Waals surface area (Å²) in [5, 5.41) is 0. The van der Waals surface area contributed by atoms with E-state index in [4.69, 9.17) is 0 Å². The van der Waals surface area contributed by atoms with Crippen LogP contribution in [0.3, 0.4) is 0 Å². The highest BCUT2D eigenvalue weighted by molar-refractivity contribution is 5.80. The van der Waals surface area contributed by atoms with Crippen molar-refractivity contribution < 1.29 is 8.78 Å². The number of halogens is 2. The number of aromatic nitrogens is 3. The van der Waals surface area contributed by atoms with Gasteiger partial charge in [-0.15, -0.1) is 0 Å². The molecule has 3 aromatic rings. The summed E-state index contributed by atoms with van der Waals surface area (Å²) in [6.45, 7) is 1.86. The van der Waals surface area contributed by atoms with Crippen LogP contribution in [0.1, 0.15) is 30.3 Å². The van der Waals surface area contributed by atoms with Gasteiger partial charge in [0.2, 0.25) is 0 Å². The molecular weight excluding hydrogens is 308 g/mol. The van der Waals surface area contributed by atoms with Gasteiger partial charge in [-0.25, -0.2) is 23.7 Å². The molecule has 0 fully saturated rings. The summed E-state index contributed by atoms with van der Waals surface area (Å²) < 4.78 is 25.6. The van der Waals surface area contributed by atoms with E-state index in [1.807, 2.05) is 37.3 Å². The number of benzene rings is 1. The Hall–Kier alpha value is -2.95. The molecule has 0 amide bonds. The smallest absolute Gasteiger partial charge is 0.247 e. The van der Waals surface area contributed by atoms with Crippen LogP contribution >= 0.6 is 0 Å². The third-order valence-electron chi connectivity index (χ3n) is 3.56. The van der Waals surface area contributed by atoms with Gasteiger partial charge in [0, 0.05) is 18.0 Å². The van der Waals surface area contributed by atoms with Crippen molar-refractivity contribution >= 4 is 11.6 Å². The fraction of sp³-hybridized carbons (Fsp3) is 0.105. The monoisotopic (exact) mass is 323 g/mol. The Morgan fingerprint density at radius 1 is 1.00 bits per heavy atom. The molecular formula is C19H15F2N3. The zero-order valence-corrected chi connectivity index (χ0v) is 13.0. The van der Waals surface area contributed by atoms with Gasteiger partial charge >= 0.3 is 0 Å². The Labute approximate surface area is 138 Å². The minimum absolute atomic E-state index is 0.213. The van der Waals surface area contributed by atoms with Crippen LogP contribution in [0.25, 0.3) is 22.8 Å². The molecule has 2 heterocycles. The quantitative estimate of drug-likeness (QED) is 0.675. The van der Waals surface area contributed by atoms with Crippen molar-refractivity contribution in [2.75, 3.05) is 0 Å². The third kappa shape index (κ3) is 3.68. The zero-order chi connectivity index (χ0) is 16.9. The molecule has 24 heavy (non-hydrogen) atoms. The van der Waals surface area contributed by atoms with E-state index in [1.165, 1.54) is 12.4 Å². The van der Waals surface area contributed by atoms with Gasteiger partial charge in [-0.05, 0) is 47.9 Å². The van der Waals surface area contributed by atoms with Crippen molar-refractivity contribution in [1.29, 1.82) is 0 Å². The summed E-state index contributed by atoms with van der Waals surface area (Å²) >= 11 is 0. The van der Waals surface area contributed by atoms with Gasteiger partial charge in [0.05, 0.1) is 5.69 Å². The first kappa shape index (κ1) is 15.9. The molecule has 0 N–H and O–H groups in total. The number of alkyl halides is 2. The number of nitrogens with zero attached hydrogens (tertiary/aromatic N) is 3. The molecule has 0 spiro atoms. The maximum Gasteiger partial charge on any atom is 0.280 e. The van der Waals surface area contributed by atoms with Crippen LogP contribution in [0.4, 0.5) is 8.78 Å². The van der Waals surface area contributed by atoms with Crippen molar-refractivity contribution in [3.05, 3.63) is 78.1 Å². The average molecular weight is 323 g/mol. The first-order chi connectivity index (χ1) is 11.6. The van der Waals surface area contributed by atoms with Crippen molar-refractivity contribution in [2.45, 2.75) is 13.3 Å². The maximum absolute atomic E-state index is 12.8. The molecule has 0 bridgehead atoms. The first-order valence-corrected chi connectivity index (χ1v) is 7.43. The molecule has 0 unspecified atom stereocenters. The summed E-state index contributed by atoms with van der Waals surface area (Å²) in [6, 6.07) is 12.5. The van der Waals surface area contributed by atoms with Gasteiger partial charge in [0.25, 0.3) is 6.43 Å². The lowest BCUT2D eigenvalue weighted by atomic mass is 10.0. The van der Waals surface area contributed by atoms with Crippen LogP contribution in [0.5, 0.6) is 0 Å². The van der Waals surface area contributed by atoms with E-state index in [0.717, 1.165) is 22.3 Å². The lowest BCUT2D eigenvalue weighted by Crippen LogP contribution is -1.93. The molecule has 0 saturated heterocycles. The molecule has 0 aliphatic heterocycles. The average Bonchev–Trinajstić information content (AvgIpc) is 2.63. The highest BCUT2D eigenvalue weighted by atomic mass is 19.3. The van der Waals surface area contributed by atoms with E-state index in [1.54, 1.807) is 24.5 Å². The van der Waals surface area contributed by atoms with Gasteiger partial charge < -0.3 is 0 Å². The molecule has 2 aromatic heterocycles. The molecule has 120 valence electrons. The number of hydrogen-bond donors (Lipinski definition) is 0. The summed E-state index contributed by atoms with van der Waals surface area (Å²) in [7, 11) is 0. The molecule has 3 rings (SSSR count). The van der Waals surface area contributed by atoms with Crippen LogP contribution in [-0.2, 0) is 0 Å². The minimum atomic E-state index is -2.57. The Bertz CT molecular complexity index is 861. The van der Waals surface area contributed by atoms with E-state index in [2.05, 4.69) is 15.0 Å². The predicted molar refractivity (Wildman–Crippen MR) is 90.2 cm³/mol. The van der Waals surface area contributed by atoms with Gasteiger partial charge in [0.1, 0.15) is 12.0 Å². The van der Waals surface area contributed by atoms with Crippen LogP contribution in [0.2, 0.25) is 0 Å². The molecule has 1 aromatic carbocycles. The lowest BCUT2D eigenvalue weighted by molar-refractivity contribution is 0.146. The second kappa shape index (κ2) is 7.08. The van der Waals surface area contributed by atoms with Gasteiger partial charge in [0.15, 0.2) is 0 Å². The fourth-order valence-electron chi connectivity index (χ4n) is 2.37. The van der Waals surface area contributed by atoms with E-state index in [-0.39, 0.29) is 5.69 Å². The molecule has 0 aliphatic rings. The Morgan fingerprint density at radius 3 is 2.50 bits per heavy atom. The lowest BCUT2D eigenvalue weighted by Gasteiger charge is -2.06. The van der Waals surface area contributed by atoms with Gasteiger partial charge in [-0.3, -0.25) is 0 Å². The van der Waals surface area contributed by atoms with Crippen molar-refractivity contribution in [3.63, 3.8) is 0 Å².